The van der Waals surface area contributed by atoms with Gasteiger partial charge in [-0.2, -0.15) is 0 Å². The summed E-state index contributed by atoms with van der Waals surface area (Å²) in [5, 5.41) is 8.88. The van der Waals surface area contributed by atoms with Gasteiger partial charge in [-0.15, -0.1) is 11.3 Å². The number of aromatic nitrogens is 1. The van der Waals surface area contributed by atoms with Crippen molar-refractivity contribution in [3.63, 3.8) is 0 Å². The number of benzene rings is 1. The molecular weight excluding hydrogens is 386 g/mol. The van der Waals surface area contributed by atoms with Gasteiger partial charge in [0, 0.05) is 23.1 Å². The summed E-state index contributed by atoms with van der Waals surface area (Å²) in [6.45, 7) is 3.45. The van der Waals surface area contributed by atoms with Crippen LogP contribution in [0.5, 0.6) is 0 Å². The summed E-state index contributed by atoms with van der Waals surface area (Å²) in [5.74, 6) is 0.982. The van der Waals surface area contributed by atoms with Crippen LogP contribution in [0.2, 0.25) is 0 Å². The summed E-state index contributed by atoms with van der Waals surface area (Å²) in [5.41, 5.74) is 2.80. The van der Waals surface area contributed by atoms with Crippen molar-refractivity contribution in [3.8, 4) is 11.3 Å². The van der Waals surface area contributed by atoms with Gasteiger partial charge in [-0.05, 0) is 30.5 Å². The van der Waals surface area contributed by atoms with Gasteiger partial charge in [0.2, 0.25) is 11.8 Å². The Morgan fingerprint density at radius 2 is 2.00 bits per heavy atom. The molecule has 0 aliphatic carbocycles. The number of amides is 1. The van der Waals surface area contributed by atoms with Gasteiger partial charge in [0.15, 0.2) is 0 Å². The number of nitrogens with one attached hydrogen (secondary N) is 1. The third-order valence-corrected chi connectivity index (χ3v) is 5.27. The van der Waals surface area contributed by atoms with E-state index in [4.69, 9.17) is 8.94 Å². The molecule has 0 fully saturated rings. The topological polar surface area (TPSA) is 71.5 Å². The smallest absolute Gasteiger partial charge is 0.240 e. The van der Waals surface area contributed by atoms with Gasteiger partial charge in [0.25, 0.3) is 0 Å². The SMILES string of the molecule is Cc1ccc(-c2cc(NC(=O)CN(Cc3ccco3)Cc3cccs3)on2)cc1. The van der Waals surface area contributed by atoms with Gasteiger partial charge in [-0.1, -0.05) is 41.1 Å². The molecule has 7 heteroatoms. The van der Waals surface area contributed by atoms with E-state index in [9.17, 15) is 4.79 Å². The van der Waals surface area contributed by atoms with Crippen LogP contribution in [0, 0.1) is 6.92 Å². The predicted molar refractivity (Wildman–Crippen MR) is 112 cm³/mol. The zero-order valence-corrected chi connectivity index (χ0v) is 16.8. The third kappa shape index (κ3) is 5.22. The van der Waals surface area contributed by atoms with E-state index in [2.05, 4.69) is 16.5 Å². The number of carbonyl (C=O) groups excluding carboxylic acids is 1. The first-order valence-electron chi connectivity index (χ1n) is 9.26. The molecule has 0 bridgehead atoms. The molecule has 0 aliphatic heterocycles. The van der Waals surface area contributed by atoms with Crippen molar-refractivity contribution in [1.82, 2.24) is 10.1 Å². The van der Waals surface area contributed by atoms with E-state index in [0.717, 1.165) is 11.3 Å². The van der Waals surface area contributed by atoms with Crippen LogP contribution in [0.15, 0.2) is 75.2 Å². The third-order valence-electron chi connectivity index (χ3n) is 4.41. The van der Waals surface area contributed by atoms with Gasteiger partial charge in [-0.25, -0.2) is 0 Å². The minimum Gasteiger partial charge on any atom is -0.468 e. The average Bonchev–Trinajstić information content (AvgIpc) is 3.45. The minimum atomic E-state index is -0.167. The number of rotatable bonds is 8. The molecular formula is C22H21N3O3S. The first kappa shape index (κ1) is 19.2. The Morgan fingerprint density at radius 1 is 1.14 bits per heavy atom. The van der Waals surface area contributed by atoms with E-state index in [1.165, 1.54) is 10.4 Å². The first-order valence-corrected chi connectivity index (χ1v) is 10.1. The Balaban J connectivity index is 1.40. The van der Waals surface area contributed by atoms with Gasteiger partial charge in [0.05, 0.1) is 19.4 Å². The van der Waals surface area contributed by atoms with E-state index < -0.39 is 0 Å². The summed E-state index contributed by atoms with van der Waals surface area (Å²) in [4.78, 5) is 15.8. The first-order chi connectivity index (χ1) is 14.2. The summed E-state index contributed by atoms with van der Waals surface area (Å²) in [6, 6.07) is 17.5. The van der Waals surface area contributed by atoms with E-state index in [0.29, 0.717) is 24.7 Å². The average molecular weight is 407 g/mol. The molecule has 6 nitrogen and oxygen atoms in total. The molecule has 4 rings (SSSR count). The molecule has 148 valence electrons. The Bertz CT molecular complexity index is 1000. The lowest BCUT2D eigenvalue weighted by Crippen LogP contribution is -2.32. The van der Waals surface area contributed by atoms with Crippen molar-refractivity contribution >= 4 is 23.1 Å². The van der Waals surface area contributed by atoms with E-state index in [1.54, 1.807) is 23.7 Å². The van der Waals surface area contributed by atoms with Crippen molar-refractivity contribution in [3.05, 3.63) is 82.4 Å². The number of nitrogens with zero attached hydrogens (tertiary/aromatic N) is 2. The second-order valence-corrected chi connectivity index (χ2v) is 7.83. The highest BCUT2D eigenvalue weighted by molar-refractivity contribution is 7.09. The maximum atomic E-state index is 12.6. The van der Waals surface area contributed by atoms with Crippen molar-refractivity contribution in [1.29, 1.82) is 0 Å². The lowest BCUT2D eigenvalue weighted by atomic mass is 10.1. The standard InChI is InChI=1S/C22H21N3O3S/c1-16-6-8-17(9-7-16)20-12-22(28-24-20)23-21(26)15-25(13-18-4-2-10-27-18)14-19-5-3-11-29-19/h2-12H,13-15H2,1H3,(H,23,26). The molecule has 3 heterocycles. The zero-order valence-electron chi connectivity index (χ0n) is 16.0. The van der Waals surface area contributed by atoms with Gasteiger partial charge in [-0.3, -0.25) is 15.0 Å². The number of thiophene rings is 1. The van der Waals surface area contributed by atoms with Crippen molar-refractivity contribution in [2.45, 2.75) is 20.0 Å². The van der Waals surface area contributed by atoms with Crippen LogP contribution in [-0.4, -0.2) is 22.5 Å². The molecule has 4 aromatic rings. The maximum absolute atomic E-state index is 12.6. The number of carbonyl (C=O) groups is 1. The van der Waals surface area contributed by atoms with Crippen LogP contribution < -0.4 is 5.32 Å². The van der Waals surface area contributed by atoms with Gasteiger partial charge >= 0.3 is 0 Å². The second-order valence-electron chi connectivity index (χ2n) is 6.79. The Hall–Kier alpha value is -3.16. The van der Waals surface area contributed by atoms with Crippen molar-refractivity contribution in [2.75, 3.05) is 11.9 Å². The molecule has 3 aromatic heterocycles. The largest absolute Gasteiger partial charge is 0.468 e. The molecule has 0 spiro atoms. The molecule has 0 atom stereocenters. The van der Waals surface area contributed by atoms with Crippen LogP contribution in [0.3, 0.4) is 0 Å². The number of aryl methyl sites for hydroxylation is 1. The van der Waals surface area contributed by atoms with Gasteiger partial charge in [0.1, 0.15) is 11.5 Å². The summed E-state index contributed by atoms with van der Waals surface area (Å²) in [6.07, 6.45) is 1.64. The lowest BCUT2D eigenvalue weighted by molar-refractivity contribution is -0.117. The molecule has 0 saturated heterocycles. The zero-order chi connectivity index (χ0) is 20.1. The normalized spacial score (nSPS) is 11.1. The molecule has 1 amide bonds. The van der Waals surface area contributed by atoms with Crippen LogP contribution >= 0.6 is 11.3 Å². The fourth-order valence-corrected chi connectivity index (χ4v) is 3.73. The number of furan rings is 1. The molecule has 29 heavy (non-hydrogen) atoms. The minimum absolute atomic E-state index is 0.167. The van der Waals surface area contributed by atoms with E-state index in [1.807, 2.05) is 59.7 Å². The molecule has 0 aliphatic rings. The molecule has 0 unspecified atom stereocenters. The predicted octanol–water partition coefficient (Wildman–Crippen LogP) is 4.95. The van der Waals surface area contributed by atoms with Crippen LogP contribution in [0.1, 0.15) is 16.2 Å². The second kappa shape index (κ2) is 8.89. The van der Waals surface area contributed by atoms with E-state index >= 15 is 0 Å². The van der Waals surface area contributed by atoms with Crippen LogP contribution in [0.4, 0.5) is 5.88 Å². The molecule has 1 aromatic carbocycles. The van der Waals surface area contributed by atoms with Crippen molar-refractivity contribution < 1.29 is 13.7 Å². The Labute approximate surface area is 172 Å². The number of hydrogen-bond acceptors (Lipinski definition) is 6. The van der Waals surface area contributed by atoms with Crippen LogP contribution in [0.25, 0.3) is 11.3 Å². The van der Waals surface area contributed by atoms with Gasteiger partial charge < -0.3 is 8.94 Å². The highest BCUT2D eigenvalue weighted by Gasteiger charge is 2.16. The Morgan fingerprint density at radius 3 is 2.72 bits per heavy atom. The van der Waals surface area contributed by atoms with E-state index in [-0.39, 0.29) is 12.5 Å². The van der Waals surface area contributed by atoms with Crippen LogP contribution in [-0.2, 0) is 17.9 Å². The lowest BCUT2D eigenvalue weighted by Gasteiger charge is -2.19. The molecule has 1 N–H and O–H groups in total. The molecule has 0 saturated carbocycles. The quantitative estimate of drug-likeness (QED) is 0.448. The highest BCUT2D eigenvalue weighted by atomic mass is 32.1. The monoisotopic (exact) mass is 407 g/mol. The Kier molecular flexibility index (Phi) is 5.88. The molecule has 0 radical (unpaired) electrons. The fraction of sp³-hybridized carbons (Fsp3) is 0.182. The number of hydrogen-bond donors (Lipinski definition) is 1. The summed E-state index contributed by atoms with van der Waals surface area (Å²) >= 11 is 1.66. The maximum Gasteiger partial charge on any atom is 0.240 e. The summed E-state index contributed by atoms with van der Waals surface area (Å²) in [7, 11) is 0. The summed E-state index contributed by atoms with van der Waals surface area (Å²) < 4.78 is 10.7. The number of anilines is 1. The highest BCUT2D eigenvalue weighted by Crippen LogP contribution is 2.22. The van der Waals surface area contributed by atoms with Crippen molar-refractivity contribution in [2.24, 2.45) is 0 Å². The fourth-order valence-electron chi connectivity index (χ4n) is 2.99.